The second kappa shape index (κ2) is 4.89. The third kappa shape index (κ3) is 3.42. The molecular weight excluding hydrogens is 208 g/mol. The van der Waals surface area contributed by atoms with Crippen LogP contribution in [0, 0.1) is 0 Å². The number of hydrogen-bond donors (Lipinski definition) is 0. The van der Waals surface area contributed by atoms with E-state index in [0.29, 0.717) is 0 Å². The van der Waals surface area contributed by atoms with Crippen LogP contribution < -0.4 is 4.74 Å². The summed E-state index contributed by atoms with van der Waals surface area (Å²) in [6.07, 6.45) is 0.960. The van der Waals surface area contributed by atoms with Crippen molar-refractivity contribution < 1.29 is 4.74 Å². The fourth-order valence-corrected chi connectivity index (χ4v) is 2.25. The van der Waals surface area contributed by atoms with Gasteiger partial charge in [0, 0.05) is 5.38 Å². The first-order chi connectivity index (χ1) is 6.95. The summed E-state index contributed by atoms with van der Waals surface area (Å²) in [5, 5.41) is 0.186. The smallest absolute Gasteiger partial charge is 0.119 e. The van der Waals surface area contributed by atoms with E-state index in [0.717, 1.165) is 12.2 Å². The van der Waals surface area contributed by atoms with Crippen LogP contribution in [-0.4, -0.2) is 12.5 Å². The molecule has 0 aromatic heterocycles. The van der Waals surface area contributed by atoms with E-state index in [1.807, 2.05) is 19.1 Å². The van der Waals surface area contributed by atoms with Crippen molar-refractivity contribution in [2.75, 3.05) is 7.11 Å². The van der Waals surface area contributed by atoms with Crippen LogP contribution in [0.25, 0.3) is 0 Å². The summed E-state index contributed by atoms with van der Waals surface area (Å²) < 4.78 is 5.22. The Kier molecular flexibility index (Phi) is 4.04. The Labute approximate surface area is 97.4 Å². The van der Waals surface area contributed by atoms with E-state index in [1.54, 1.807) is 7.11 Å². The summed E-state index contributed by atoms with van der Waals surface area (Å²) in [5.74, 6) is 0.905. The van der Waals surface area contributed by atoms with Gasteiger partial charge in [-0.15, -0.1) is 11.6 Å². The van der Waals surface area contributed by atoms with Crippen LogP contribution in [0.4, 0.5) is 0 Å². The molecule has 15 heavy (non-hydrogen) atoms. The highest BCUT2D eigenvalue weighted by atomic mass is 35.5. The first-order valence-electron chi connectivity index (χ1n) is 5.24. The van der Waals surface area contributed by atoms with E-state index in [9.17, 15) is 0 Å². The molecule has 0 saturated carbocycles. The molecule has 0 amide bonds. The molecular formula is C13H19ClO. The van der Waals surface area contributed by atoms with Gasteiger partial charge in [-0.25, -0.2) is 0 Å². The molecule has 0 aliphatic heterocycles. The lowest BCUT2D eigenvalue weighted by Crippen LogP contribution is -2.20. The topological polar surface area (TPSA) is 9.23 Å². The van der Waals surface area contributed by atoms with Crippen molar-refractivity contribution >= 4 is 11.6 Å². The molecule has 0 fully saturated rings. The fraction of sp³-hybridized carbons (Fsp3) is 0.538. The molecule has 0 radical (unpaired) electrons. The van der Waals surface area contributed by atoms with Gasteiger partial charge in [0.05, 0.1) is 7.11 Å². The lowest BCUT2D eigenvalue weighted by Gasteiger charge is -2.26. The maximum Gasteiger partial charge on any atom is 0.119 e. The molecule has 0 spiro atoms. The highest BCUT2D eigenvalue weighted by molar-refractivity contribution is 6.20. The molecule has 0 saturated heterocycles. The normalized spacial score (nSPS) is 13.7. The van der Waals surface area contributed by atoms with Crippen LogP contribution in [0.3, 0.4) is 0 Å². The number of benzene rings is 1. The SMILES string of the molecule is COc1cccc(C(C)(C)CC(C)Cl)c1. The third-order valence-electron chi connectivity index (χ3n) is 2.64. The van der Waals surface area contributed by atoms with E-state index < -0.39 is 0 Å². The Morgan fingerprint density at radius 3 is 2.60 bits per heavy atom. The monoisotopic (exact) mass is 226 g/mol. The van der Waals surface area contributed by atoms with Crippen molar-refractivity contribution in [3.63, 3.8) is 0 Å². The summed E-state index contributed by atoms with van der Waals surface area (Å²) in [4.78, 5) is 0. The minimum Gasteiger partial charge on any atom is -0.497 e. The largest absolute Gasteiger partial charge is 0.497 e. The first-order valence-corrected chi connectivity index (χ1v) is 5.68. The summed E-state index contributed by atoms with van der Waals surface area (Å²) in [6, 6.07) is 8.19. The van der Waals surface area contributed by atoms with Crippen molar-refractivity contribution in [2.45, 2.75) is 38.0 Å². The van der Waals surface area contributed by atoms with Gasteiger partial charge in [0.25, 0.3) is 0 Å². The number of ether oxygens (including phenoxy) is 1. The predicted octanol–water partition coefficient (Wildman–Crippen LogP) is 3.99. The molecule has 0 aliphatic carbocycles. The summed E-state index contributed by atoms with van der Waals surface area (Å²) >= 11 is 6.05. The van der Waals surface area contributed by atoms with E-state index >= 15 is 0 Å². The zero-order valence-corrected chi connectivity index (χ0v) is 10.6. The Hall–Kier alpha value is -0.690. The van der Waals surface area contributed by atoms with Gasteiger partial charge >= 0.3 is 0 Å². The van der Waals surface area contributed by atoms with Crippen molar-refractivity contribution in [1.82, 2.24) is 0 Å². The number of rotatable bonds is 4. The average Bonchev–Trinajstić information content (AvgIpc) is 2.16. The maximum atomic E-state index is 6.05. The molecule has 1 rings (SSSR count). The lowest BCUT2D eigenvalue weighted by atomic mass is 9.80. The third-order valence-corrected chi connectivity index (χ3v) is 2.80. The second-order valence-corrected chi connectivity index (χ2v) is 5.35. The van der Waals surface area contributed by atoms with Crippen LogP contribution in [0.5, 0.6) is 5.75 Å². The zero-order chi connectivity index (χ0) is 11.5. The van der Waals surface area contributed by atoms with Crippen LogP contribution in [0.2, 0.25) is 0 Å². The van der Waals surface area contributed by atoms with Gasteiger partial charge < -0.3 is 4.74 Å². The van der Waals surface area contributed by atoms with E-state index in [2.05, 4.69) is 26.0 Å². The predicted molar refractivity (Wildman–Crippen MR) is 66.0 cm³/mol. The average molecular weight is 227 g/mol. The molecule has 1 aromatic carbocycles. The Morgan fingerprint density at radius 1 is 1.40 bits per heavy atom. The van der Waals surface area contributed by atoms with E-state index in [1.165, 1.54) is 5.56 Å². The van der Waals surface area contributed by atoms with Gasteiger partial charge in [-0.1, -0.05) is 26.0 Å². The van der Waals surface area contributed by atoms with E-state index in [-0.39, 0.29) is 10.8 Å². The Morgan fingerprint density at radius 2 is 2.07 bits per heavy atom. The molecule has 1 atom stereocenters. The van der Waals surface area contributed by atoms with Crippen molar-refractivity contribution in [3.05, 3.63) is 29.8 Å². The zero-order valence-electron chi connectivity index (χ0n) is 9.88. The molecule has 0 N–H and O–H groups in total. The molecule has 0 heterocycles. The van der Waals surface area contributed by atoms with Crippen LogP contribution in [-0.2, 0) is 5.41 Å². The van der Waals surface area contributed by atoms with Crippen molar-refractivity contribution in [1.29, 1.82) is 0 Å². The second-order valence-electron chi connectivity index (χ2n) is 4.60. The van der Waals surface area contributed by atoms with E-state index in [4.69, 9.17) is 16.3 Å². The number of alkyl halides is 1. The number of halogens is 1. The van der Waals surface area contributed by atoms with Gasteiger partial charge in [0.2, 0.25) is 0 Å². The molecule has 0 bridgehead atoms. The maximum absolute atomic E-state index is 6.05. The summed E-state index contributed by atoms with van der Waals surface area (Å²) in [7, 11) is 1.69. The highest BCUT2D eigenvalue weighted by Crippen LogP contribution is 2.31. The van der Waals surface area contributed by atoms with Gasteiger partial charge in [0.15, 0.2) is 0 Å². The quantitative estimate of drug-likeness (QED) is 0.706. The van der Waals surface area contributed by atoms with Gasteiger partial charge in [-0.3, -0.25) is 0 Å². The molecule has 1 aromatic rings. The summed E-state index contributed by atoms with van der Waals surface area (Å²) in [5.41, 5.74) is 1.37. The Bertz CT molecular complexity index is 318. The number of hydrogen-bond acceptors (Lipinski definition) is 1. The summed E-state index contributed by atoms with van der Waals surface area (Å²) in [6.45, 7) is 6.45. The van der Waals surface area contributed by atoms with Crippen LogP contribution in [0.1, 0.15) is 32.8 Å². The van der Waals surface area contributed by atoms with Crippen molar-refractivity contribution in [3.8, 4) is 5.75 Å². The molecule has 1 unspecified atom stereocenters. The van der Waals surface area contributed by atoms with Gasteiger partial charge in [0.1, 0.15) is 5.75 Å². The standard InChI is InChI=1S/C13H19ClO/c1-10(14)9-13(2,3)11-6-5-7-12(8-11)15-4/h5-8,10H,9H2,1-4H3. The fourth-order valence-electron chi connectivity index (χ4n) is 1.87. The van der Waals surface area contributed by atoms with Gasteiger partial charge in [-0.2, -0.15) is 0 Å². The molecule has 0 aliphatic rings. The molecule has 2 heteroatoms. The van der Waals surface area contributed by atoms with Crippen LogP contribution in [0.15, 0.2) is 24.3 Å². The lowest BCUT2D eigenvalue weighted by molar-refractivity contribution is 0.410. The highest BCUT2D eigenvalue weighted by Gasteiger charge is 2.22. The number of methoxy groups -OCH3 is 1. The van der Waals surface area contributed by atoms with Gasteiger partial charge in [-0.05, 0) is 36.5 Å². The minimum atomic E-state index is 0.0930. The molecule has 84 valence electrons. The van der Waals surface area contributed by atoms with Crippen LogP contribution >= 0.6 is 11.6 Å². The van der Waals surface area contributed by atoms with Crippen molar-refractivity contribution in [2.24, 2.45) is 0 Å². The minimum absolute atomic E-state index is 0.0930. The first kappa shape index (κ1) is 12.4. The molecule has 1 nitrogen and oxygen atoms in total. The Balaban J connectivity index is 2.93.